The van der Waals surface area contributed by atoms with Crippen molar-refractivity contribution in [3.8, 4) is 0 Å². The van der Waals surface area contributed by atoms with Gasteiger partial charge >= 0.3 is 0 Å². The monoisotopic (exact) mass is 552 g/mol. The molecular formula is C33H48O5Si. The third-order valence-corrected chi connectivity index (χ3v) is 13.5. The van der Waals surface area contributed by atoms with Gasteiger partial charge in [0.2, 0.25) is 0 Å². The maximum Gasteiger partial charge on any atom is 0.261 e. The van der Waals surface area contributed by atoms with Crippen molar-refractivity contribution in [2.45, 2.75) is 109 Å². The van der Waals surface area contributed by atoms with E-state index in [4.69, 9.17) is 18.6 Å². The quantitative estimate of drug-likeness (QED) is 0.390. The minimum atomic E-state index is -2.69. The zero-order valence-electron chi connectivity index (χ0n) is 24.9. The summed E-state index contributed by atoms with van der Waals surface area (Å²) in [5.41, 5.74) is -1.05. The first-order chi connectivity index (χ1) is 18.4. The molecule has 4 rings (SSSR count). The average molecular weight is 553 g/mol. The van der Waals surface area contributed by atoms with Crippen LogP contribution in [-0.4, -0.2) is 49.7 Å². The van der Waals surface area contributed by atoms with E-state index in [1.165, 1.54) is 10.4 Å². The molecule has 0 aliphatic carbocycles. The Kier molecular flexibility index (Phi) is 8.84. The van der Waals surface area contributed by atoms with Crippen molar-refractivity contribution in [2.24, 2.45) is 5.92 Å². The fourth-order valence-corrected chi connectivity index (χ4v) is 11.4. The van der Waals surface area contributed by atoms with E-state index in [0.29, 0.717) is 25.2 Å². The van der Waals surface area contributed by atoms with Crippen LogP contribution in [0.1, 0.15) is 74.1 Å². The zero-order chi connectivity index (χ0) is 28.5. The first-order valence-corrected chi connectivity index (χ1v) is 16.5. The fourth-order valence-electron chi connectivity index (χ4n) is 6.77. The smallest absolute Gasteiger partial charge is 0.261 e. The number of hydrogen-bond acceptors (Lipinski definition) is 5. The molecule has 214 valence electrons. The van der Waals surface area contributed by atoms with E-state index in [-0.39, 0.29) is 23.2 Å². The van der Waals surface area contributed by atoms with Gasteiger partial charge in [0.15, 0.2) is 11.4 Å². The summed E-state index contributed by atoms with van der Waals surface area (Å²) in [6.45, 7) is 19.7. The van der Waals surface area contributed by atoms with Crippen molar-refractivity contribution < 1.29 is 23.7 Å². The number of rotatable bonds is 9. The van der Waals surface area contributed by atoms with Gasteiger partial charge in [0, 0.05) is 18.9 Å². The second kappa shape index (κ2) is 11.5. The van der Waals surface area contributed by atoms with Gasteiger partial charge < -0.3 is 23.7 Å². The second-order valence-electron chi connectivity index (χ2n) is 12.7. The largest absolute Gasteiger partial charge is 0.492 e. The van der Waals surface area contributed by atoms with E-state index >= 15 is 0 Å². The van der Waals surface area contributed by atoms with Crippen LogP contribution in [0, 0.1) is 5.92 Å². The lowest BCUT2D eigenvalue weighted by Crippen LogP contribution is -2.67. The van der Waals surface area contributed by atoms with Gasteiger partial charge in [-0.2, -0.15) is 0 Å². The third kappa shape index (κ3) is 5.51. The first kappa shape index (κ1) is 30.0. The molecule has 0 unspecified atom stereocenters. The molecule has 2 aliphatic heterocycles. The molecule has 2 aliphatic rings. The highest BCUT2D eigenvalue weighted by Gasteiger charge is 2.62. The molecule has 0 aromatic heterocycles. The molecule has 2 saturated heterocycles. The van der Waals surface area contributed by atoms with Crippen LogP contribution < -0.4 is 10.4 Å². The van der Waals surface area contributed by atoms with Gasteiger partial charge in [-0.1, -0.05) is 108 Å². The lowest BCUT2D eigenvalue weighted by atomic mass is 9.79. The molecule has 2 heterocycles. The molecule has 5 nitrogen and oxygen atoms in total. The Balaban J connectivity index is 1.65. The normalized spacial score (nSPS) is 27.9. The van der Waals surface area contributed by atoms with Crippen molar-refractivity contribution >= 4 is 18.7 Å². The molecule has 39 heavy (non-hydrogen) atoms. The Morgan fingerprint density at radius 2 is 1.59 bits per heavy atom. The summed E-state index contributed by atoms with van der Waals surface area (Å²) < 4.78 is 26.4. The molecule has 2 aromatic rings. The van der Waals surface area contributed by atoms with Gasteiger partial charge in [0.05, 0.1) is 12.2 Å². The second-order valence-corrected chi connectivity index (χ2v) is 17.0. The summed E-state index contributed by atoms with van der Waals surface area (Å²) in [7, 11) is -2.69. The molecule has 0 radical (unpaired) electrons. The molecule has 2 fully saturated rings. The molecule has 0 saturated carbocycles. The molecule has 2 aromatic carbocycles. The number of hydrogen-bond donors (Lipinski definition) is 1. The molecule has 0 bridgehead atoms. The maximum atomic E-state index is 11.6. The van der Waals surface area contributed by atoms with Gasteiger partial charge in [0.1, 0.15) is 11.9 Å². The first-order valence-electron chi connectivity index (χ1n) is 14.6. The zero-order valence-corrected chi connectivity index (χ0v) is 25.9. The topological polar surface area (TPSA) is 57.2 Å². The van der Waals surface area contributed by atoms with Crippen molar-refractivity contribution in [1.29, 1.82) is 0 Å². The van der Waals surface area contributed by atoms with Crippen molar-refractivity contribution in [1.82, 2.24) is 0 Å². The Hall–Kier alpha value is -1.96. The maximum absolute atomic E-state index is 11.6. The fraction of sp³-hybridized carbons (Fsp3) is 0.576. The number of benzene rings is 2. The molecule has 6 heteroatoms. The van der Waals surface area contributed by atoms with Gasteiger partial charge in [-0.05, 0) is 42.1 Å². The third-order valence-electron chi connectivity index (χ3n) is 8.49. The van der Waals surface area contributed by atoms with Gasteiger partial charge in [-0.3, -0.25) is 0 Å². The Bertz CT molecular complexity index is 1060. The molecule has 1 spiro atoms. The Morgan fingerprint density at radius 3 is 2.05 bits per heavy atom. The number of aliphatic hydroxyl groups excluding tert-OH is 1. The predicted molar refractivity (Wildman–Crippen MR) is 160 cm³/mol. The van der Waals surface area contributed by atoms with Crippen LogP contribution in [-0.2, 0) is 18.6 Å². The van der Waals surface area contributed by atoms with Crippen molar-refractivity contribution in [3.63, 3.8) is 0 Å². The highest BCUT2D eigenvalue weighted by Crippen LogP contribution is 2.49. The summed E-state index contributed by atoms with van der Waals surface area (Å²) in [5, 5.41) is 14.0. The summed E-state index contributed by atoms with van der Waals surface area (Å²) in [5.74, 6) is -0.248. The summed E-state index contributed by atoms with van der Waals surface area (Å²) >= 11 is 0. The minimum Gasteiger partial charge on any atom is -0.492 e. The highest BCUT2D eigenvalue weighted by molar-refractivity contribution is 6.99. The SMILES string of the molecule is C=C1O[C@H]([C@@H](CCC)CO[Si](c2ccccc2)(c2ccccc2)C(C)(C)C)C[C@H](O)[C@]12OC(C)(C)O[C@H]2CC. The van der Waals surface area contributed by atoms with E-state index in [2.05, 4.69) is 94.9 Å². The van der Waals surface area contributed by atoms with E-state index < -0.39 is 25.8 Å². The van der Waals surface area contributed by atoms with Crippen LogP contribution in [0.15, 0.2) is 73.0 Å². The van der Waals surface area contributed by atoms with Crippen molar-refractivity contribution in [3.05, 3.63) is 73.0 Å². The highest BCUT2D eigenvalue weighted by atomic mass is 28.4. The number of aliphatic hydroxyl groups is 1. The summed E-state index contributed by atoms with van der Waals surface area (Å²) in [6, 6.07) is 21.4. The van der Waals surface area contributed by atoms with Crippen LogP contribution in [0.25, 0.3) is 0 Å². The average Bonchev–Trinajstić information content (AvgIpc) is 3.19. The van der Waals surface area contributed by atoms with Crippen LogP contribution in [0.2, 0.25) is 5.04 Å². The van der Waals surface area contributed by atoms with Crippen LogP contribution in [0.4, 0.5) is 0 Å². The molecule has 0 amide bonds. The molecular weight excluding hydrogens is 504 g/mol. The molecule has 1 N–H and O–H groups in total. The number of ether oxygens (including phenoxy) is 3. The van der Waals surface area contributed by atoms with Gasteiger partial charge in [0.25, 0.3) is 8.32 Å². The van der Waals surface area contributed by atoms with Crippen LogP contribution >= 0.6 is 0 Å². The van der Waals surface area contributed by atoms with E-state index in [9.17, 15) is 5.11 Å². The van der Waals surface area contributed by atoms with Gasteiger partial charge in [-0.15, -0.1) is 0 Å². The summed E-state index contributed by atoms with van der Waals surface area (Å²) in [6.07, 6.45) is 1.76. The minimum absolute atomic E-state index is 0.0933. The van der Waals surface area contributed by atoms with Crippen molar-refractivity contribution in [2.75, 3.05) is 6.61 Å². The summed E-state index contributed by atoms with van der Waals surface area (Å²) in [4.78, 5) is 0. The molecule has 5 atom stereocenters. The van der Waals surface area contributed by atoms with E-state index in [0.717, 1.165) is 12.8 Å². The van der Waals surface area contributed by atoms with Crippen LogP contribution in [0.5, 0.6) is 0 Å². The van der Waals surface area contributed by atoms with Crippen LogP contribution in [0.3, 0.4) is 0 Å². The lowest BCUT2D eigenvalue weighted by molar-refractivity contribution is -0.209. The Labute approximate surface area is 236 Å². The standard InChI is InChI=1S/C33H48O5Si/c1-9-17-25(28-22-29(34)33(24(3)36-28)30(10-2)37-32(7,8)38-33)23-35-39(31(4,5)6,26-18-13-11-14-19-26)27-20-15-12-16-21-27/h11-16,18-21,25,28-30,34H,3,9-10,17,22-23H2,1-2,4-8H3/t25-,28-,29-,30-,33+/m0/s1. The predicted octanol–water partition coefficient (Wildman–Crippen LogP) is 5.94. The Morgan fingerprint density at radius 1 is 1.03 bits per heavy atom. The van der Waals surface area contributed by atoms with Gasteiger partial charge in [-0.25, -0.2) is 0 Å². The van der Waals surface area contributed by atoms with E-state index in [1.54, 1.807) is 0 Å². The van der Waals surface area contributed by atoms with E-state index in [1.807, 2.05) is 20.8 Å². The lowest BCUT2D eigenvalue weighted by Gasteiger charge is -2.47.